The highest BCUT2D eigenvalue weighted by Gasteiger charge is 2.16. The van der Waals surface area contributed by atoms with Crippen molar-refractivity contribution in [2.45, 2.75) is 4.90 Å². The first kappa shape index (κ1) is 15.8. The van der Waals surface area contributed by atoms with Crippen molar-refractivity contribution in [3.8, 4) is 0 Å². The normalized spacial score (nSPS) is 11.2. The van der Waals surface area contributed by atoms with Gasteiger partial charge in [0.2, 0.25) is 10.0 Å². The molecule has 0 aliphatic heterocycles. The van der Waals surface area contributed by atoms with E-state index >= 15 is 0 Å². The zero-order valence-electron chi connectivity index (χ0n) is 10.5. The van der Waals surface area contributed by atoms with E-state index in [9.17, 15) is 8.42 Å². The Kier molecular flexibility index (Phi) is 5.68. The number of halogens is 1. The summed E-state index contributed by atoms with van der Waals surface area (Å²) in [5, 5.41) is 3.53. The van der Waals surface area contributed by atoms with Gasteiger partial charge >= 0.3 is 0 Å². The molecule has 7 heteroatoms. The average Bonchev–Trinajstić information content (AvgIpc) is 2.38. The van der Waals surface area contributed by atoms with Crippen LogP contribution in [0.2, 0.25) is 0 Å². The van der Waals surface area contributed by atoms with Crippen LogP contribution in [0.15, 0.2) is 41.4 Å². The Hall–Kier alpha value is -1.21. The van der Waals surface area contributed by atoms with Gasteiger partial charge in [0.05, 0.1) is 10.4 Å². The lowest BCUT2D eigenvalue weighted by molar-refractivity contribution is 0.580. The average molecular weight is 302 g/mol. The molecule has 0 atom stereocenters. The summed E-state index contributed by atoms with van der Waals surface area (Å²) in [5.41, 5.74) is 0.675. The van der Waals surface area contributed by atoms with Gasteiger partial charge in [-0.05, 0) is 31.3 Å². The van der Waals surface area contributed by atoms with Crippen molar-refractivity contribution in [1.82, 2.24) is 15.0 Å². The quantitative estimate of drug-likeness (QED) is 0.813. The van der Waals surface area contributed by atoms with Crippen LogP contribution in [0, 0.1) is 0 Å². The molecule has 0 aliphatic rings. The Morgan fingerprint density at radius 2 is 1.95 bits per heavy atom. The highest BCUT2D eigenvalue weighted by molar-refractivity contribution is 7.89. The Balaban J connectivity index is 0.00000180. The largest absolute Gasteiger partial charge is 0.318 e. The maximum atomic E-state index is 12.2. The Bertz CT molecular complexity index is 641. The van der Waals surface area contributed by atoms with Crippen LogP contribution >= 0.6 is 12.4 Å². The second-order valence-electron chi connectivity index (χ2n) is 3.83. The predicted molar refractivity (Wildman–Crippen MR) is 78.1 cm³/mol. The van der Waals surface area contributed by atoms with Crippen molar-refractivity contribution in [2.75, 3.05) is 20.1 Å². The Morgan fingerprint density at radius 3 is 2.68 bits per heavy atom. The fourth-order valence-electron chi connectivity index (χ4n) is 1.70. The van der Waals surface area contributed by atoms with Crippen molar-refractivity contribution in [2.24, 2.45) is 0 Å². The van der Waals surface area contributed by atoms with Gasteiger partial charge in [0.15, 0.2) is 0 Å². The fraction of sp³-hybridized carbons (Fsp3) is 0.250. The van der Waals surface area contributed by atoms with Crippen molar-refractivity contribution < 1.29 is 8.42 Å². The molecule has 1 aromatic carbocycles. The minimum absolute atomic E-state index is 0. The van der Waals surface area contributed by atoms with Crippen LogP contribution in [0.5, 0.6) is 0 Å². The molecule has 0 bridgehead atoms. The number of fused-ring (bicyclic) bond motifs is 1. The summed E-state index contributed by atoms with van der Waals surface area (Å²) in [5.74, 6) is 0. The summed E-state index contributed by atoms with van der Waals surface area (Å²) in [4.78, 5) is 4.42. The monoisotopic (exact) mass is 301 g/mol. The minimum atomic E-state index is -3.49. The minimum Gasteiger partial charge on any atom is -0.318 e. The second kappa shape index (κ2) is 6.81. The fourth-order valence-corrected chi connectivity index (χ4v) is 2.94. The van der Waals surface area contributed by atoms with Crippen LogP contribution < -0.4 is 10.0 Å². The van der Waals surface area contributed by atoms with Crippen LogP contribution in [-0.2, 0) is 10.0 Å². The van der Waals surface area contributed by atoms with E-state index < -0.39 is 10.0 Å². The summed E-state index contributed by atoms with van der Waals surface area (Å²) < 4.78 is 26.9. The first-order valence-electron chi connectivity index (χ1n) is 5.63. The van der Waals surface area contributed by atoms with Gasteiger partial charge in [-0.1, -0.05) is 6.07 Å². The lowest BCUT2D eigenvalue weighted by Crippen LogP contribution is -2.30. The molecule has 19 heavy (non-hydrogen) atoms. The van der Waals surface area contributed by atoms with Crippen LogP contribution in [0.4, 0.5) is 0 Å². The number of hydrogen-bond donors (Lipinski definition) is 2. The summed E-state index contributed by atoms with van der Waals surface area (Å²) in [6.45, 7) is 0.942. The molecule has 2 N–H and O–H groups in total. The summed E-state index contributed by atoms with van der Waals surface area (Å²) in [6, 6.07) is 8.57. The van der Waals surface area contributed by atoms with Gasteiger partial charge < -0.3 is 5.32 Å². The van der Waals surface area contributed by atoms with Crippen molar-refractivity contribution in [3.63, 3.8) is 0 Å². The zero-order valence-corrected chi connectivity index (χ0v) is 12.1. The van der Waals surface area contributed by atoms with Gasteiger partial charge in [0, 0.05) is 24.7 Å². The maximum absolute atomic E-state index is 12.2. The van der Waals surface area contributed by atoms with Crippen molar-refractivity contribution in [1.29, 1.82) is 0 Å². The molecule has 104 valence electrons. The van der Waals surface area contributed by atoms with Gasteiger partial charge in [-0.2, -0.15) is 0 Å². The number of benzene rings is 1. The molecular weight excluding hydrogens is 286 g/mol. The topological polar surface area (TPSA) is 71.1 Å². The third kappa shape index (κ3) is 3.63. The molecule has 0 radical (unpaired) electrons. The van der Waals surface area contributed by atoms with E-state index in [0.29, 0.717) is 24.0 Å². The second-order valence-corrected chi connectivity index (χ2v) is 5.56. The van der Waals surface area contributed by atoms with E-state index in [4.69, 9.17) is 0 Å². The number of rotatable bonds is 5. The lowest BCUT2D eigenvalue weighted by Gasteiger charge is -2.08. The first-order chi connectivity index (χ1) is 8.65. The van der Waals surface area contributed by atoms with Gasteiger partial charge in [-0.25, -0.2) is 13.1 Å². The lowest BCUT2D eigenvalue weighted by atomic mass is 10.2. The molecule has 0 aliphatic carbocycles. The van der Waals surface area contributed by atoms with E-state index in [0.717, 1.165) is 0 Å². The number of nitrogens with zero attached hydrogens (tertiary/aromatic N) is 1. The number of pyridine rings is 1. The smallest absolute Gasteiger partial charge is 0.241 e. The molecule has 2 aromatic rings. The van der Waals surface area contributed by atoms with E-state index in [1.54, 1.807) is 43.6 Å². The molecule has 5 nitrogen and oxygen atoms in total. The number of hydrogen-bond acceptors (Lipinski definition) is 4. The number of nitrogens with one attached hydrogen (secondary N) is 2. The van der Waals surface area contributed by atoms with Crippen LogP contribution in [0.1, 0.15) is 0 Å². The third-order valence-electron chi connectivity index (χ3n) is 2.56. The number of likely N-dealkylation sites (N-methyl/N-ethyl adjacent to an activating group) is 1. The van der Waals surface area contributed by atoms with Crippen molar-refractivity contribution in [3.05, 3.63) is 36.5 Å². The van der Waals surface area contributed by atoms with E-state index in [1.165, 1.54) is 0 Å². The Morgan fingerprint density at radius 1 is 1.16 bits per heavy atom. The molecule has 0 fully saturated rings. The highest BCUT2D eigenvalue weighted by Crippen LogP contribution is 2.20. The molecule has 2 rings (SSSR count). The Labute approximate surface area is 118 Å². The third-order valence-corrected chi connectivity index (χ3v) is 4.08. The summed E-state index contributed by atoms with van der Waals surface area (Å²) >= 11 is 0. The van der Waals surface area contributed by atoms with Gasteiger partial charge in [-0.3, -0.25) is 4.98 Å². The first-order valence-corrected chi connectivity index (χ1v) is 7.11. The van der Waals surface area contributed by atoms with Crippen LogP contribution in [0.3, 0.4) is 0 Å². The van der Waals surface area contributed by atoms with E-state index in [1.807, 2.05) is 0 Å². The standard InChI is InChI=1S/C12H15N3O2S.ClH/c1-13-8-9-15-18(16,17)12-6-2-5-11-10(12)4-3-7-14-11;/h2-7,13,15H,8-9H2,1H3;1H. The number of aromatic nitrogens is 1. The van der Waals surface area contributed by atoms with Gasteiger partial charge in [-0.15, -0.1) is 12.4 Å². The molecule has 1 aromatic heterocycles. The van der Waals surface area contributed by atoms with Crippen LogP contribution in [-0.4, -0.2) is 33.5 Å². The highest BCUT2D eigenvalue weighted by atomic mass is 35.5. The maximum Gasteiger partial charge on any atom is 0.241 e. The molecule has 0 saturated carbocycles. The molecule has 0 saturated heterocycles. The number of sulfonamides is 1. The predicted octanol–water partition coefficient (Wildman–Crippen LogP) is 1.15. The molecule has 0 unspecified atom stereocenters. The molecule has 0 spiro atoms. The van der Waals surface area contributed by atoms with Gasteiger partial charge in [0.25, 0.3) is 0 Å². The molecule has 1 heterocycles. The molecular formula is C12H16ClN3O2S. The van der Waals surface area contributed by atoms with Crippen molar-refractivity contribution >= 4 is 33.3 Å². The van der Waals surface area contributed by atoms with E-state index in [2.05, 4.69) is 15.0 Å². The van der Waals surface area contributed by atoms with Gasteiger partial charge in [0.1, 0.15) is 0 Å². The zero-order chi connectivity index (χ0) is 13.0. The molecule has 0 amide bonds. The SMILES string of the molecule is CNCCNS(=O)(=O)c1cccc2ncccc12.Cl. The van der Waals surface area contributed by atoms with E-state index in [-0.39, 0.29) is 17.3 Å². The van der Waals surface area contributed by atoms with Crippen LogP contribution in [0.25, 0.3) is 10.9 Å². The summed E-state index contributed by atoms with van der Waals surface area (Å²) in [7, 11) is -1.72. The summed E-state index contributed by atoms with van der Waals surface area (Å²) in [6.07, 6.45) is 1.65.